The van der Waals surface area contributed by atoms with Gasteiger partial charge >= 0.3 is 6.18 Å². The second kappa shape index (κ2) is 8.09. The van der Waals surface area contributed by atoms with Gasteiger partial charge in [-0.3, -0.25) is 4.39 Å². The van der Waals surface area contributed by atoms with Crippen molar-refractivity contribution in [3.05, 3.63) is 29.3 Å². The van der Waals surface area contributed by atoms with E-state index in [1.54, 1.807) is 6.07 Å². The molecule has 0 unspecified atom stereocenters. The molecule has 1 aromatic rings. The normalized spacial score (nSPS) is 11.7. The molecule has 1 aromatic carbocycles. The van der Waals surface area contributed by atoms with E-state index >= 15 is 0 Å². The van der Waals surface area contributed by atoms with Crippen LogP contribution in [0.1, 0.15) is 30.9 Å². The van der Waals surface area contributed by atoms with Gasteiger partial charge in [0, 0.05) is 13.0 Å². The van der Waals surface area contributed by atoms with Crippen molar-refractivity contribution in [2.75, 3.05) is 19.8 Å². The molecule has 114 valence electrons. The van der Waals surface area contributed by atoms with E-state index in [1.807, 2.05) is 6.92 Å². The first kappa shape index (κ1) is 16.8. The molecular formula is C14H19F4NO. The van der Waals surface area contributed by atoms with E-state index in [4.69, 9.17) is 4.74 Å². The Kier molecular flexibility index (Phi) is 6.78. The van der Waals surface area contributed by atoms with Gasteiger partial charge in [-0.25, -0.2) is 0 Å². The summed E-state index contributed by atoms with van der Waals surface area (Å²) in [6, 6.07) is 3.96. The van der Waals surface area contributed by atoms with Crippen molar-refractivity contribution in [1.82, 2.24) is 5.32 Å². The van der Waals surface area contributed by atoms with Crippen LogP contribution in [-0.4, -0.2) is 19.8 Å². The largest absolute Gasteiger partial charge is 0.493 e. The third-order valence-corrected chi connectivity index (χ3v) is 2.64. The Morgan fingerprint density at radius 3 is 2.60 bits per heavy atom. The summed E-state index contributed by atoms with van der Waals surface area (Å²) in [7, 11) is 0. The second-order valence-electron chi connectivity index (χ2n) is 4.40. The molecule has 0 aliphatic carbocycles. The third kappa shape index (κ3) is 5.36. The van der Waals surface area contributed by atoms with Crippen LogP contribution in [-0.2, 0) is 12.7 Å². The van der Waals surface area contributed by atoms with Crippen LogP contribution in [0.3, 0.4) is 0 Å². The lowest BCUT2D eigenvalue weighted by Gasteiger charge is -2.15. The molecule has 0 amide bonds. The van der Waals surface area contributed by atoms with Crippen LogP contribution in [0.15, 0.2) is 18.2 Å². The zero-order chi connectivity index (χ0) is 15.0. The molecule has 1 rings (SSSR count). The van der Waals surface area contributed by atoms with Crippen molar-refractivity contribution in [3.63, 3.8) is 0 Å². The minimum absolute atomic E-state index is 0.0625. The number of hydrogen-bond donors (Lipinski definition) is 1. The quantitative estimate of drug-likeness (QED) is 0.579. The van der Waals surface area contributed by atoms with Crippen molar-refractivity contribution in [2.24, 2.45) is 0 Å². The first-order valence-electron chi connectivity index (χ1n) is 6.58. The fourth-order valence-corrected chi connectivity index (χ4v) is 1.68. The SMILES string of the molecule is CCCNCc1ccc(OCCCF)c(C(F)(F)F)c1. The number of ether oxygens (including phenoxy) is 1. The number of nitrogens with one attached hydrogen (secondary N) is 1. The molecule has 0 aliphatic rings. The van der Waals surface area contributed by atoms with Gasteiger partial charge in [-0.1, -0.05) is 13.0 Å². The predicted octanol–water partition coefficient (Wildman–Crippen LogP) is 3.94. The summed E-state index contributed by atoms with van der Waals surface area (Å²) in [5.74, 6) is -0.245. The maximum Gasteiger partial charge on any atom is 0.419 e. The maximum atomic E-state index is 13.0. The van der Waals surface area contributed by atoms with E-state index in [2.05, 4.69) is 5.32 Å². The lowest BCUT2D eigenvalue weighted by Crippen LogP contribution is -2.15. The van der Waals surface area contributed by atoms with Crippen LogP contribution in [0.25, 0.3) is 0 Å². The topological polar surface area (TPSA) is 21.3 Å². The van der Waals surface area contributed by atoms with Crippen molar-refractivity contribution >= 4 is 0 Å². The summed E-state index contributed by atoms with van der Waals surface area (Å²) in [6.07, 6.45) is -3.49. The van der Waals surface area contributed by atoms with Gasteiger partial charge in [0.25, 0.3) is 0 Å². The zero-order valence-corrected chi connectivity index (χ0v) is 11.4. The van der Waals surface area contributed by atoms with E-state index in [9.17, 15) is 17.6 Å². The predicted molar refractivity (Wildman–Crippen MR) is 69.5 cm³/mol. The molecule has 0 aromatic heterocycles. The second-order valence-corrected chi connectivity index (χ2v) is 4.40. The number of rotatable bonds is 8. The monoisotopic (exact) mass is 293 g/mol. The summed E-state index contributed by atoms with van der Waals surface area (Å²) in [5, 5.41) is 3.04. The van der Waals surface area contributed by atoms with Gasteiger partial charge in [0.05, 0.1) is 18.8 Å². The minimum atomic E-state index is -4.48. The highest BCUT2D eigenvalue weighted by atomic mass is 19.4. The highest BCUT2D eigenvalue weighted by molar-refractivity contribution is 5.39. The molecule has 0 heterocycles. The molecule has 2 nitrogen and oxygen atoms in total. The highest BCUT2D eigenvalue weighted by Gasteiger charge is 2.34. The standard InChI is InChI=1S/C14H19F4NO/c1-2-7-19-10-11-4-5-13(20-8-3-6-15)12(9-11)14(16,17)18/h4-5,9,19H,2-3,6-8,10H2,1H3. The number of alkyl halides is 4. The molecule has 1 N–H and O–H groups in total. The highest BCUT2D eigenvalue weighted by Crippen LogP contribution is 2.36. The van der Waals surface area contributed by atoms with Gasteiger partial charge in [-0.05, 0) is 30.7 Å². The zero-order valence-electron chi connectivity index (χ0n) is 11.4. The Morgan fingerprint density at radius 1 is 1.25 bits per heavy atom. The van der Waals surface area contributed by atoms with Gasteiger partial charge < -0.3 is 10.1 Å². The molecule has 0 radical (unpaired) electrons. The lowest BCUT2D eigenvalue weighted by molar-refractivity contribution is -0.139. The smallest absolute Gasteiger partial charge is 0.419 e. The van der Waals surface area contributed by atoms with Crippen LogP contribution in [0, 0.1) is 0 Å². The summed E-state index contributed by atoms with van der Waals surface area (Å²) in [5.41, 5.74) is -0.268. The Balaban J connectivity index is 2.83. The van der Waals surface area contributed by atoms with Crippen LogP contribution in [0.2, 0.25) is 0 Å². The Labute approximate surface area is 116 Å². The maximum absolute atomic E-state index is 13.0. The summed E-state index contributed by atoms with van der Waals surface area (Å²) in [6.45, 7) is 2.43. The van der Waals surface area contributed by atoms with Gasteiger partial charge in [0.1, 0.15) is 5.75 Å². The average Bonchev–Trinajstić information content (AvgIpc) is 2.39. The fourth-order valence-electron chi connectivity index (χ4n) is 1.68. The van der Waals surface area contributed by atoms with Crippen LogP contribution in [0.5, 0.6) is 5.75 Å². The van der Waals surface area contributed by atoms with Crippen molar-refractivity contribution in [3.8, 4) is 5.75 Å². The molecular weight excluding hydrogens is 274 g/mol. The number of benzene rings is 1. The Bertz CT molecular complexity index is 407. The van der Waals surface area contributed by atoms with Crippen LogP contribution in [0.4, 0.5) is 17.6 Å². The molecule has 6 heteroatoms. The van der Waals surface area contributed by atoms with E-state index in [0.717, 1.165) is 19.0 Å². The van der Waals surface area contributed by atoms with Gasteiger partial charge in [0.2, 0.25) is 0 Å². The van der Waals surface area contributed by atoms with E-state index in [1.165, 1.54) is 6.07 Å². The molecule has 0 atom stereocenters. The molecule has 0 saturated carbocycles. The summed E-state index contributed by atoms with van der Waals surface area (Å²) in [4.78, 5) is 0. The van der Waals surface area contributed by atoms with Gasteiger partial charge in [-0.2, -0.15) is 13.2 Å². The third-order valence-electron chi connectivity index (χ3n) is 2.64. The minimum Gasteiger partial charge on any atom is -0.493 e. The first-order chi connectivity index (χ1) is 9.49. The Morgan fingerprint density at radius 2 is 2.00 bits per heavy atom. The first-order valence-corrected chi connectivity index (χ1v) is 6.58. The fraction of sp³-hybridized carbons (Fsp3) is 0.571. The Hall–Kier alpha value is -1.30. The van der Waals surface area contributed by atoms with E-state index in [0.29, 0.717) is 12.1 Å². The number of halogens is 4. The average molecular weight is 293 g/mol. The molecule has 0 spiro atoms. The van der Waals surface area contributed by atoms with Crippen LogP contribution < -0.4 is 10.1 Å². The molecule has 0 saturated heterocycles. The summed E-state index contributed by atoms with van der Waals surface area (Å²) < 4.78 is 55.8. The summed E-state index contributed by atoms with van der Waals surface area (Å²) >= 11 is 0. The molecule has 20 heavy (non-hydrogen) atoms. The molecule has 0 bridgehead atoms. The van der Waals surface area contributed by atoms with E-state index < -0.39 is 18.4 Å². The van der Waals surface area contributed by atoms with Gasteiger partial charge in [-0.15, -0.1) is 0 Å². The number of hydrogen-bond acceptors (Lipinski definition) is 2. The van der Waals surface area contributed by atoms with Crippen molar-refractivity contribution in [2.45, 2.75) is 32.5 Å². The van der Waals surface area contributed by atoms with E-state index in [-0.39, 0.29) is 18.8 Å². The lowest BCUT2D eigenvalue weighted by atomic mass is 10.1. The van der Waals surface area contributed by atoms with Gasteiger partial charge in [0.15, 0.2) is 0 Å². The van der Waals surface area contributed by atoms with Crippen molar-refractivity contribution < 1.29 is 22.3 Å². The van der Waals surface area contributed by atoms with Crippen molar-refractivity contribution in [1.29, 1.82) is 0 Å². The molecule has 0 aliphatic heterocycles. The molecule has 0 fully saturated rings. The van der Waals surface area contributed by atoms with Crippen LogP contribution >= 0.6 is 0 Å².